The van der Waals surface area contributed by atoms with Crippen LogP contribution in [0.2, 0.25) is 0 Å². The molecule has 0 unspecified atom stereocenters. The van der Waals surface area contributed by atoms with E-state index in [0.717, 1.165) is 0 Å². The molecule has 0 fully saturated rings. The van der Waals surface area contributed by atoms with E-state index in [9.17, 15) is 13.0 Å². The van der Waals surface area contributed by atoms with E-state index in [-0.39, 0.29) is 31.7 Å². The molecule has 0 atom stereocenters. The van der Waals surface area contributed by atoms with Gasteiger partial charge in [-0.15, -0.1) is 0 Å². The Labute approximate surface area is 108 Å². The van der Waals surface area contributed by atoms with Crippen molar-refractivity contribution in [1.82, 2.24) is 0 Å². The zero-order valence-corrected chi connectivity index (χ0v) is 11.4. The fourth-order valence-electron chi connectivity index (χ4n) is 0.669. The summed E-state index contributed by atoms with van der Waals surface area (Å²) in [6.45, 7) is 0. The zero-order valence-electron chi connectivity index (χ0n) is 5.92. The molecule has 7 heteroatoms. The first-order valence-corrected chi connectivity index (χ1v) is 5.81. The van der Waals surface area contributed by atoms with Crippen molar-refractivity contribution in [2.45, 2.75) is 4.90 Å². The molecule has 13 heavy (non-hydrogen) atoms. The first kappa shape index (κ1) is 13.8. The Morgan fingerprint density at radius 3 is 2.15 bits per heavy atom. The van der Waals surface area contributed by atoms with Crippen molar-refractivity contribution >= 4 is 42.0 Å². The van der Waals surface area contributed by atoms with Gasteiger partial charge in [-0.25, -0.2) is 8.42 Å². The first-order chi connectivity index (χ1) is 5.41. The number of halogens is 2. The Kier molecular flexibility index (Phi) is 5.39. The molecule has 1 aromatic carbocycles. The van der Waals surface area contributed by atoms with Crippen LogP contribution in [-0.4, -0.2) is 13.0 Å². The quantitative estimate of drug-likeness (QED) is 0.514. The van der Waals surface area contributed by atoms with Crippen LogP contribution in [0.1, 0.15) is 0 Å². The molecule has 0 aliphatic carbocycles. The predicted octanol–water partition coefficient (Wildman–Crippen LogP) is 2.11. The molecule has 0 spiro atoms. The number of hydrogen-bond donors (Lipinski definition) is 0. The van der Waals surface area contributed by atoms with Crippen LogP contribution in [0.5, 0.6) is 0 Å². The average molecular weight is 423 g/mol. The van der Waals surface area contributed by atoms with E-state index < -0.39 is 10.1 Å². The van der Waals surface area contributed by atoms with Crippen LogP contribution in [0.3, 0.4) is 0 Å². The van der Waals surface area contributed by atoms with Crippen LogP contribution in [-0.2, 0) is 32.5 Å². The second-order valence-corrected chi connectivity index (χ2v) is 5.15. The molecule has 0 N–H and O–H groups in total. The Bertz CT molecular complexity index is 404. The van der Waals surface area contributed by atoms with Crippen molar-refractivity contribution in [3.8, 4) is 0 Å². The third-order valence-electron chi connectivity index (χ3n) is 1.16. The molecule has 0 bridgehead atoms. The largest absolute Gasteiger partial charge is 1.00 e. The van der Waals surface area contributed by atoms with Gasteiger partial charge in [0.05, 0.1) is 4.90 Å². The minimum Gasteiger partial charge on any atom is -0.744 e. The maximum atomic E-state index is 10.6. The third kappa shape index (κ3) is 3.83. The summed E-state index contributed by atoms with van der Waals surface area (Å²) in [5.41, 5.74) is 0. The predicted molar refractivity (Wildman–Crippen MR) is 49.8 cm³/mol. The molecule has 1 rings (SSSR count). The minimum atomic E-state index is -4.38. The van der Waals surface area contributed by atoms with Gasteiger partial charge < -0.3 is 4.55 Å². The van der Waals surface area contributed by atoms with E-state index in [4.69, 9.17) is 0 Å². The Balaban J connectivity index is 0.00000144. The van der Waals surface area contributed by atoms with E-state index in [1.54, 1.807) is 6.07 Å². The molecule has 1 aromatic rings. The molecule has 0 aromatic heterocycles. The van der Waals surface area contributed by atoms with Crippen LogP contribution in [0.4, 0.5) is 0 Å². The molecule has 3 nitrogen and oxygen atoms in total. The van der Waals surface area contributed by atoms with Gasteiger partial charge in [0.25, 0.3) is 0 Å². The van der Waals surface area contributed by atoms with Gasteiger partial charge in [0.2, 0.25) is 0 Å². The molecule has 0 aliphatic rings. The van der Waals surface area contributed by atoms with Crippen molar-refractivity contribution in [3.05, 3.63) is 27.1 Å². The van der Waals surface area contributed by atoms with Crippen LogP contribution < -0.4 is 0 Å². The maximum Gasteiger partial charge on any atom is 1.00 e. The van der Waals surface area contributed by atoms with Crippen molar-refractivity contribution in [2.24, 2.45) is 0 Å². The van der Waals surface area contributed by atoms with Crippen molar-refractivity contribution in [2.75, 3.05) is 0 Å². The van der Waals surface area contributed by atoms with Gasteiger partial charge in [-0.3, -0.25) is 0 Å². The van der Waals surface area contributed by atoms with E-state index in [0.29, 0.717) is 4.47 Å². The third-order valence-corrected chi connectivity index (χ3v) is 3.49. The summed E-state index contributed by atoms with van der Waals surface area (Å²) in [4.78, 5) is -0.253. The van der Waals surface area contributed by atoms with Gasteiger partial charge in [0.15, 0.2) is 0 Å². The van der Waals surface area contributed by atoms with Gasteiger partial charge in [-0.2, -0.15) is 0 Å². The number of hydrogen-bond acceptors (Lipinski definition) is 3. The SMILES string of the molecule is O=S(=O)([O-])c1cc(Br)ccc1Br.[Ag+]. The van der Waals surface area contributed by atoms with E-state index in [2.05, 4.69) is 31.9 Å². The molecule has 0 aliphatic heterocycles. The monoisotopic (exact) mass is 420 g/mol. The van der Waals surface area contributed by atoms with Crippen molar-refractivity contribution < 1.29 is 35.4 Å². The zero-order chi connectivity index (χ0) is 9.35. The summed E-state index contributed by atoms with van der Waals surface area (Å²) < 4.78 is 32.6. The Morgan fingerprint density at radius 1 is 1.23 bits per heavy atom. The standard InChI is InChI=1S/C6H4Br2O3S.Ag/c7-4-1-2-5(8)6(3-4)12(9,10)11;/h1-3H,(H,9,10,11);/q;+1/p-1. The smallest absolute Gasteiger partial charge is 0.744 e. The van der Waals surface area contributed by atoms with E-state index in [1.165, 1.54) is 12.1 Å². The number of benzene rings is 1. The van der Waals surface area contributed by atoms with Gasteiger partial charge in [-0.05, 0) is 34.1 Å². The first-order valence-electron chi connectivity index (χ1n) is 2.82. The fraction of sp³-hybridized carbons (Fsp3) is 0. The second-order valence-electron chi connectivity index (χ2n) is 2.03. The summed E-state index contributed by atoms with van der Waals surface area (Å²) in [6, 6.07) is 4.39. The molecule has 0 saturated carbocycles. The van der Waals surface area contributed by atoms with Crippen molar-refractivity contribution in [3.63, 3.8) is 0 Å². The molecular formula is C6H3AgBr2O3S. The molecule has 76 valence electrons. The molecule has 0 amide bonds. The van der Waals surface area contributed by atoms with Crippen LogP contribution in [0.25, 0.3) is 0 Å². The number of rotatable bonds is 1. The van der Waals surface area contributed by atoms with Gasteiger partial charge in [0.1, 0.15) is 10.1 Å². The average Bonchev–Trinajstić information content (AvgIpc) is 1.92. The topological polar surface area (TPSA) is 57.2 Å². The van der Waals surface area contributed by atoms with E-state index >= 15 is 0 Å². The summed E-state index contributed by atoms with van der Waals surface area (Å²) in [6.07, 6.45) is 0. The summed E-state index contributed by atoms with van der Waals surface area (Å²) in [7, 11) is -4.38. The Hall–Kier alpha value is 0.830. The van der Waals surface area contributed by atoms with Crippen LogP contribution >= 0.6 is 31.9 Å². The maximum absolute atomic E-state index is 10.6. The van der Waals surface area contributed by atoms with E-state index in [1.807, 2.05) is 0 Å². The molecule has 0 radical (unpaired) electrons. The van der Waals surface area contributed by atoms with Gasteiger partial charge in [0, 0.05) is 8.95 Å². The van der Waals surface area contributed by atoms with Gasteiger partial charge in [-0.1, -0.05) is 15.9 Å². The Morgan fingerprint density at radius 2 is 1.77 bits per heavy atom. The van der Waals surface area contributed by atoms with Gasteiger partial charge >= 0.3 is 22.4 Å². The fourth-order valence-corrected chi connectivity index (χ4v) is 2.60. The van der Waals surface area contributed by atoms with Crippen LogP contribution in [0, 0.1) is 0 Å². The second kappa shape index (κ2) is 5.06. The van der Waals surface area contributed by atoms with Crippen molar-refractivity contribution in [1.29, 1.82) is 0 Å². The minimum absolute atomic E-state index is 0. The summed E-state index contributed by atoms with van der Waals surface area (Å²) >= 11 is 6.03. The summed E-state index contributed by atoms with van der Waals surface area (Å²) in [5.74, 6) is 0. The molecule has 0 heterocycles. The molecule has 0 saturated heterocycles. The summed E-state index contributed by atoms with van der Waals surface area (Å²) in [5, 5.41) is 0. The van der Waals surface area contributed by atoms with Crippen LogP contribution in [0.15, 0.2) is 32.0 Å². The normalized spacial score (nSPS) is 10.7. The molecular weight excluding hydrogens is 420 g/mol.